The summed E-state index contributed by atoms with van der Waals surface area (Å²) in [5.74, 6) is 0.424. The Kier molecular flexibility index (Phi) is 5.00. The molecule has 2 heterocycles. The van der Waals surface area contributed by atoms with E-state index in [0.717, 1.165) is 43.0 Å². The van der Waals surface area contributed by atoms with Crippen LogP contribution in [0.25, 0.3) is 11.1 Å². The predicted octanol–water partition coefficient (Wildman–Crippen LogP) is 3.59. The first-order valence-electron chi connectivity index (χ1n) is 8.63. The molecule has 0 unspecified atom stereocenters. The number of benzene rings is 1. The van der Waals surface area contributed by atoms with Crippen molar-refractivity contribution in [2.45, 2.75) is 33.2 Å². The van der Waals surface area contributed by atoms with Crippen LogP contribution in [-0.2, 0) is 6.54 Å². The van der Waals surface area contributed by atoms with Crippen molar-refractivity contribution >= 4 is 0 Å². The monoisotopic (exact) mass is 339 g/mol. The van der Waals surface area contributed by atoms with Gasteiger partial charge in [-0.25, -0.2) is 4.39 Å². The second kappa shape index (κ2) is 7.20. The van der Waals surface area contributed by atoms with Gasteiger partial charge in [0.15, 0.2) is 0 Å². The summed E-state index contributed by atoms with van der Waals surface area (Å²) in [6.07, 6.45) is 2.27. The number of aromatic nitrogens is 1. The minimum atomic E-state index is -0.403. The minimum absolute atomic E-state index is 0.0747. The number of likely N-dealkylation sites (tertiary alicyclic amines) is 1. The van der Waals surface area contributed by atoms with Gasteiger partial charge in [-0.2, -0.15) is 5.26 Å². The first-order valence-corrected chi connectivity index (χ1v) is 8.63. The number of aromatic amines is 1. The summed E-state index contributed by atoms with van der Waals surface area (Å²) in [6, 6.07) is 8.35. The fourth-order valence-electron chi connectivity index (χ4n) is 3.43. The number of nitriles is 1. The summed E-state index contributed by atoms with van der Waals surface area (Å²) >= 11 is 0. The lowest BCUT2D eigenvalue weighted by molar-refractivity contribution is 0.185. The zero-order valence-electron chi connectivity index (χ0n) is 14.6. The maximum atomic E-state index is 13.9. The van der Waals surface area contributed by atoms with Gasteiger partial charge in [0.25, 0.3) is 5.56 Å². The molecule has 3 rings (SSSR count). The third-order valence-electron chi connectivity index (χ3n) is 4.91. The summed E-state index contributed by atoms with van der Waals surface area (Å²) in [7, 11) is 0. The lowest BCUT2D eigenvalue weighted by Crippen LogP contribution is -2.32. The Balaban J connectivity index is 2.03. The van der Waals surface area contributed by atoms with Gasteiger partial charge in [-0.1, -0.05) is 13.0 Å². The van der Waals surface area contributed by atoms with Gasteiger partial charge in [0.2, 0.25) is 0 Å². The summed E-state index contributed by atoms with van der Waals surface area (Å²) in [4.78, 5) is 17.1. The van der Waals surface area contributed by atoms with Crippen LogP contribution in [0.1, 0.15) is 36.6 Å². The second-order valence-electron chi connectivity index (χ2n) is 6.94. The van der Waals surface area contributed by atoms with Crippen molar-refractivity contribution in [3.8, 4) is 17.2 Å². The molecule has 0 aliphatic carbocycles. The molecule has 1 fully saturated rings. The number of nitrogens with zero attached hydrogens (tertiary/aromatic N) is 2. The Hall–Kier alpha value is -2.45. The fourth-order valence-corrected chi connectivity index (χ4v) is 3.43. The highest BCUT2D eigenvalue weighted by Crippen LogP contribution is 2.29. The Morgan fingerprint density at radius 1 is 1.28 bits per heavy atom. The van der Waals surface area contributed by atoms with Crippen molar-refractivity contribution in [2.24, 2.45) is 5.92 Å². The maximum absolute atomic E-state index is 13.9. The van der Waals surface area contributed by atoms with Gasteiger partial charge in [0.1, 0.15) is 17.4 Å². The number of halogens is 1. The van der Waals surface area contributed by atoms with Crippen molar-refractivity contribution in [1.29, 1.82) is 5.26 Å². The maximum Gasteiger partial charge on any atom is 0.266 e. The van der Waals surface area contributed by atoms with Crippen LogP contribution in [-0.4, -0.2) is 23.0 Å². The highest BCUT2D eigenvalue weighted by atomic mass is 19.1. The number of piperidine rings is 1. The summed E-state index contributed by atoms with van der Waals surface area (Å²) in [5, 5.41) is 9.39. The van der Waals surface area contributed by atoms with Crippen molar-refractivity contribution in [2.75, 3.05) is 13.1 Å². The first kappa shape index (κ1) is 17.4. The largest absolute Gasteiger partial charge is 0.325 e. The predicted molar refractivity (Wildman–Crippen MR) is 95.6 cm³/mol. The molecule has 1 aliphatic rings. The molecule has 0 atom stereocenters. The van der Waals surface area contributed by atoms with Gasteiger partial charge in [-0.3, -0.25) is 9.69 Å². The zero-order chi connectivity index (χ0) is 18.0. The normalized spacial score (nSPS) is 15.9. The SMILES string of the molecule is Cc1cc(-c2ccc(F)cc2CN2CCC(C)CC2)c(C#N)c(=O)[nH]1. The molecule has 2 aromatic rings. The molecule has 1 aliphatic heterocycles. The molecule has 0 saturated carbocycles. The number of H-pyrrole nitrogens is 1. The third-order valence-corrected chi connectivity index (χ3v) is 4.91. The Bertz CT molecular complexity index is 873. The van der Waals surface area contributed by atoms with Crippen molar-refractivity contribution in [3.05, 3.63) is 57.3 Å². The Labute approximate surface area is 146 Å². The summed E-state index contributed by atoms with van der Waals surface area (Å²) in [6.45, 7) is 6.62. The zero-order valence-corrected chi connectivity index (χ0v) is 14.6. The van der Waals surface area contributed by atoms with E-state index in [2.05, 4.69) is 16.8 Å². The average molecular weight is 339 g/mol. The van der Waals surface area contributed by atoms with E-state index in [0.29, 0.717) is 17.8 Å². The van der Waals surface area contributed by atoms with E-state index in [9.17, 15) is 14.4 Å². The number of hydrogen-bond acceptors (Lipinski definition) is 3. The lowest BCUT2D eigenvalue weighted by atomic mass is 9.94. The summed E-state index contributed by atoms with van der Waals surface area (Å²) in [5.41, 5.74) is 2.50. The molecule has 4 nitrogen and oxygen atoms in total. The highest BCUT2D eigenvalue weighted by Gasteiger charge is 2.19. The number of aryl methyl sites for hydroxylation is 1. The van der Waals surface area contributed by atoms with Gasteiger partial charge in [0.05, 0.1) is 0 Å². The molecule has 0 radical (unpaired) electrons. The van der Waals surface area contributed by atoms with Gasteiger partial charge < -0.3 is 4.98 Å². The van der Waals surface area contributed by atoms with E-state index in [1.54, 1.807) is 19.1 Å². The van der Waals surface area contributed by atoms with E-state index in [1.165, 1.54) is 12.1 Å². The summed E-state index contributed by atoms with van der Waals surface area (Å²) < 4.78 is 13.9. The first-order chi connectivity index (χ1) is 12.0. The molecule has 1 aromatic heterocycles. The average Bonchev–Trinajstić information content (AvgIpc) is 2.56. The molecular weight excluding hydrogens is 317 g/mol. The van der Waals surface area contributed by atoms with Gasteiger partial charge in [0, 0.05) is 17.8 Å². The Morgan fingerprint density at radius 2 is 2.00 bits per heavy atom. The molecule has 1 saturated heterocycles. The standard InChI is InChI=1S/C20H22FN3O/c1-13-5-7-24(8-6-13)12-15-10-16(21)3-4-17(15)18-9-14(2)23-20(25)19(18)11-22/h3-4,9-10,13H,5-8,12H2,1-2H3,(H,23,25). The number of rotatable bonds is 3. The van der Waals surface area contributed by atoms with Crippen molar-refractivity contribution in [3.63, 3.8) is 0 Å². The van der Waals surface area contributed by atoms with E-state index in [-0.39, 0.29) is 11.4 Å². The molecule has 0 amide bonds. The van der Waals surface area contributed by atoms with E-state index in [4.69, 9.17) is 0 Å². The van der Waals surface area contributed by atoms with Crippen LogP contribution >= 0.6 is 0 Å². The van der Waals surface area contributed by atoms with Gasteiger partial charge in [-0.05, 0) is 68.1 Å². The second-order valence-corrected chi connectivity index (χ2v) is 6.94. The van der Waals surface area contributed by atoms with Crippen LogP contribution in [0.4, 0.5) is 4.39 Å². The third kappa shape index (κ3) is 3.80. The number of nitrogens with one attached hydrogen (secondary N) is 1. The van der Waals surface area contributed by atoms with Crippen LogP contribution in [0, 0.1) is 30.0 Å². The molecule has 1 aromatic carbocycles. The van der Waals surface area contributed by atoms with Crippen LogP contribution in [0.15, 0.2) is 29.1 Å². The fraction of sp³-hybridized carbons (Fsp3) is 0.400. The van der Waals surface area contributed by atoms with E-state index in [1.807, 2.05) is 6.07 Å². The molecule has 0 bridgehead atoms. The van der Waals surface area contributed by atoms with E-state index < -0.39 is 5.56 Å². The van der Waals surface area contributed by atoms with Crippen LogP contribution < -0.4 is 5.56 Å². The van der Waals surface area contributed by atoms with Crippen LogP contribution in [0.5, 0.6) is 0 Å². The number of hydrogen-bond donors (Lipinski definition) is 1. The topological polar surface area (TPSA) is 59.9 Å². The van der Waals surface area contributed by atoms with Crippen molar-refractivity contribution < 1.29 is 4.39 Å². The molecule has 130 valence electrons. The molecule has 5 heteroatoms. The van der Waals surface area contributed by atoms with Gasteiger partial charge in [-0.15, -0.1) is 0 Å². The number of pyridine rings is 1. The highest BCUT2D eigenvalue weighted by molar-refractivity contribution is 5.73. The quantitative estimate of drug-likeness (QED) is 0.929. The molecular formula is C20H22FN3O. The molecule has 1 N–H and O–H groups in total. The van der Waals surface area contributed by atoms with Crippen molar-refractivity contribution in [1.82, 2.24) is 9.88 Å². The smallest absolute Gasteiger partial charge is 0.266 e. The van der Waals surface area contributed by atoms with E-state index >= 15 is 0 Å². The van der Waals surface area contributed by atoms with Gasteiger partial charge >= 0.3 is 0 Å². The van der Waals surface area contributed by atoms with Crippen LogP contribution in [0.2, 0.25) is 0 Å². The Morgan fingerprint density at radius 3 is 2.68 bits per heavy atom. The van der Waals surface area contributed by atoms with Crippen LogP contribution in [0.3, 0.4) is 0 Å². The molecule has 25 heavy (non-hydrogen) atoms. The lowest BCUT2D eigenvalue weighted by Gasteiger charge is -2.30. The minimum Gasteiger partial charge on any atom is -0.325 e. The molecule has 0 spiro atoms.